The second-order valence-corrected chi connectivity index (χ2v) is 4.80. The van der Waals surface area contributed by atoms with E-state index >= 15 is 0 Å². The number of ether oxygens (including phenoxy) is 2. The molecule has 1 saturated heterocycles. The number of rotatable bonds is 4. The van der Waals surface area contributed by atoms with E-state index in [2.05, 4.69) is 24.4 Å². The van der Waals surface area contributed by atoms with Gasteiger partial charge in [-0.3, -0.25) is 0 Å². The van der Waals surface area contributed by atoms with Gasteiger partial charge in [0.1, 0.15) is 0 Å². The first kappa shape index (κ1) is 13.2. The fourth-order valence-corrected chi connectivity index (χ4v) is 2.69. The van der Waals surface area contributed by atoms with Crippen LogP contribution in [0, 0.1) is 0 Å². The molecular formula is C15H23NO2. The molecule has 0 aliphatic carbocycles. The Morgan fingerprint density at radius 2 is 1.89 bits per heavy atom. The van der Waals surface area contributed by atoms with Gasteiger partial charge in [-0.2, -0.15) is 0 Å². The fraction of sp³-hybridized carbons (Fsp3) is 0.600. The maximum atomic E-state index is 5.57. The van der Waals surface area contributed by atoms with E-state index in [0.29, 0.717) is 5.92 Å². The second kappa shape index (κ2) is 6.10. The van der Waals surface area contributed by atoms with Gasteiger partial charge in [0.15, 0.2) is 11.5 Å². The maximum Gasteiger partial charge on any atom is 0.164 e. The van der Waals surface area contributed by atoms with Crippen LogP contribution in [0.2, 0.25) is 0 Å². The maximum absolute atomic E-state index is 5.57. The topological polar surface area (TPSA) is 30.5 Å². The number of benzene rings is 1. The molecule has 1 aromatic carbocycles. The van der Waals surface area contributed by atoms with E-state index in [4.69, 9.17) is 9.47 Å². The fourth-order valence-electron chi connectivity index (χ4n) is 2.69. The third-order valence-corrected chi connectivity index (χ3v) is 3.75. The van der Waals surface area contributed by atoms with E-state index in [0.717, 1.165) is 31.0 Å². The second-order valence-electron chi connectivity index (χ2n) is 4.80. The molecule has 3 nitrogen and oxygen atoms in total. The highest BCUT2D eigenvalue weighted by molar-refractivity contribution is 5.51. The summed E-state index contributed by atoms with van der Waals surface area (Å²) in [6.07, 6.45) is 3.37. The van der Waals surface area contributed by atoms with Crippen LogP contribution >= 0.6 is 0 Å². The van der Waals surface area contributed by atoms with Gasteiger partial charge in [-0.15, -0.1) is 0 Å². The molecule has 0 radical (unpaired) electrons. The zero-order valence-corrected chi connectivity index (χ0v) is 11.6. The van der Waals surface area contributed by atoms with E-state index < -0.39 is 0 Å². The Bertz CT molecular complexity index is 398. The van der Waals surface area contributed by atoms with Crippen molar-refractivity contribution in [3.8, 4) is 11.5 Å². The minimum absolute atomic E-state index is 0.585. The van der Waals surface area contributed by atoms with Gasteiger partial charge in [-0.25, -0.2) is 0 Å². The molecule has 1 aromatic rings. The van der Waals surface area contributed by atoms with Crippen molar-refractivity contribution in [2.75, 3.05) is 27.3 Å². The van der Waals surface area contributed by atoms with E-state index in [9.17, 15) is 0 Å². The summed E-state index contributed by atoms with van der Waals surface area (Å²) in [7, 11) is 3.44. The largest absolute Gasteiger partial charge is 0.493 e. The Balaban J connectivity index is 2.41. The van der Waals surface area contributed by atoms with Crippen LogP contribution in [0.3, 0.4) is 0 Å². The molecule has 1 N–H and O–H groups in total. The number of hydrogen-bond donors (Lipinski definition) is 1. The van der Waals surface area contributed by atoms with Gasteiger partial charge in [-0.05, 0) is 49.9 Å². The molecular weight excluding hydrogens is 226 g/mol. The lowest BCUT2D eigenvalue weighted by molar-refractivity contribution is 0.344. The number of nitrogens with one attached hydrogen (secondary N) is 1. The van der Waals surface area contributed by atoms with Crippen molar-refractivity contribution in [1.29, 1.82) is 0 Å². The van der Waals surface area contributed by atoms with Crippen molar-refractivity contribution in [1.82, 2.24) is 5.32 Å². The van der Waals surface area contributed by atoms with E-state index in [1.807, 2.05) is 0 Å². The molecule has 100 valence electrons. The predicted octanol–water partition coefficient (Wildman–Crippen LogP) is 2.73. The van der Waals surface area contributed by atoms with Crippen molar-refractivity contribution in [2.24, 2.45) is 0 Å². The Kier molecular flexibility index (Phi) is 4.48. The Morgan fingerprint density at radius 3 is 2.44 bits per heavy atom. The van der Waals surface area contributed by atoms with Gasteiger partial charge >= 0.3 is 0 Å². The van der Waals surface area contributed by atoms with Crippen LogP contribution in [0.5, 0.6) is 11.5 Å². The quantitative estimate of drug-likeness (QED) is 0.890. The van der Waals surface area contributed by atoms with Crippen LogP contribution < -0.4 is 14.8 Å². The van der Waals surface area contributed by atoms with Gasteiger partial charge in [0, 0.05) is 5.56 Å². The number of aryl methyl sites for hydroxylation is 1. The SMILES string of the molecule is CCc1cc(OC)c(OC)c(C2CCNCC2)c1. The smallest absolute Gasteiger partial charge is 0.164 e. The summed E-state index contributed by atoms with van der Waals surface area (Å²) in [6, 6.07) is 4.38. The van der Waals surface area contributed by atoms with Crippen LogP contribution in [0.1, 0.15) is 36.8 Å². The van der Waals surface area contributed by atoms with Gasteiger partial charge in [0.05, 0.1) is 14.2 Å². The molecule has 18 heavy (non-hydrogen) atoms. The number of methoxy groups -OCH3 is 2. The third kappa shape index (κ3) is 2.61. The summed E-state index contributed by atoms with van der Waals surface area (Å²) in [5.41, 5.74) is 2.64. The van der Waals surface area contributed by atoms with Crippen molar-refractivity contribution in [3.63, 3.8) is 0 Å². The average molecular weight is 249 g/mol. The summed E-state index contributed by atoms with van der Waals surface area (Å²) >= 11 is 0. The van der Waals surface area contributed by atoms with Crippen molar-refractivity contribution >= 4 is 0 Å². The lowest BCUT2D eigenvalue weighted by Gasteiger charge is -2.26. The minimum Gasteiger partial charge on any atom is -0.493 e. The first-order chi connectivity index (χ1) is 8.80. The third-order valence-electron chi connectivity index (χ3n) is 3.75. The van der Waals surface area contributed by atoms with Crippen LogP contribution in [-0.2, 0) is 6.42 Å². The van der Waals surface area contributed by atoms with Crippen molar-refractivity contribution < 1.29 is 9.47 Å². The predicted molar refractivity (Wildman–Crippen MR) is 73.8 cm³/mol. The molecule has 0 unspecified atom stereocenters. The van der Waals surface area contributed by atoms with Crippen LogP contribution in [0.15, 0.2) is 12.1 Å². The Hall–Kier alpha value is -1.22. The van der Waals surface area contributed by atoms with Crippen molar-refractivity contribution in [2.45, 2.75) is 32.1 Å². The Labute approximate surface area is 109 Å². The van der Waals surface area contributed by atoms with Gasteiger partial charge in [0.25, 0.3) is 0 Å². The van der Waals surface area contributed by atoms with Gasteiger partial charge in [-0.1, -0.05) is 13.0 Å². The lowest BCUT2D eigenvalue weighted by atomic mass is 9.88. The zero-order valence-electron chi connectivity index (χ0n) is 11.6. The molecule has 1 fully saturated rings. The zero-order chi connectivity index (χ0) is 13.0. The molecule has 0 bridgehead atoms. The van der Waals surface area contributed by atoms with Gasteiger partial charge < -0.3 is 14.8 Å². The summed E-state index contributed by atoms with van der Waals surface area (Å²) in [6.45, 7) is 4.35. The van der Waals surface area contributed by atoms with Gasteiger partial charge in [0.2, 0.25) is 0 Å². The highest BCUT2D eigenvalue weighted by Gasteiger charge is 2.22. The molecule has 0 amide bonds. The molecule has 1 aliphatic heterocycles. The highest BCUT2D eigenvalue weighted by Crippen LogP contribution is 2.40. The normalized spacial score (nSPS) is 16.6. The van der Waals surface area contributed by atoms with Crippen LogP contribution in [0.4, 0.5) is 0 Å². The summed E-state index contributed by atoms with van der Waals surface area (Å²) in [5, 5.41) is 3.41. The molecule has 0 spiro atoms. The average Bonchev–Trinajstić information content (AvgIpc) is 2.46. The Morgan fingerprint density at radius 1 is 1.17 bits per heavy atom. The summed E-state index contributed by atoms with van der Waals surface area (Å²) in [4.78, 5) is 0. The van der Waals surface area contributed by atoms with Crippen molar-refractivity contribution in [3.05, 3.63) is 23.3 Å². The summed E-state index contributed by atoms with van der Waals surface area (Å²) < 4.78 is 11.0. The minimum atomic E-state index is 0.585. The molecule has 1 aliphatic rings. The van der Waals surface area contributed by atoms with E-state index in [1.54, 1.807) is 14.2 Å². The highest BCUT2D eigenvalue weighted by atomic mass is 16.5. The van der Waals surface area contributed by atoms with E-state index in [-0.39, 0.29) is 0 Å². The number of hydrogen-bond acceptors (Lipinski definition) is 3. The standard InChI is InChI=1S/C15H23NO2/c1-4-11-9-13(12-5-7-16-8-6-12)15(18-3)14(10-11)17-2/h9-10,12,16H,4-8H2,1-3H3. The molecule has 1 heterocycles. The molecule has 2 rings (SSSR count). The first-order valence-corrected chi connectivity index (χ1v) is 6.75. The summed E-state index contributed by atoms with van der Waals surface area (Å²) in [5.74, 6) is 2.37. The lowest BCUT2D eigenvalue weighted by Crippen LogP contribution is -2.27. The monoisotopic (exact) mass is 249 g/mol. The molecule has 0 aromatic heterocycles. The van der Waals surface area contributed by atoms with Crippen LogP contribution in [0.25, 0.3) is 0 Å². The van der Waals surface area contributed by atoms with E-state index in [1.165, 1.54) is 24.0 Å². The first-order valence-electron chi connectivity index (χ1n) is 6.75. The molecule has 3 heteroatoms. The molecule has 0 atom stereocenters. The van der Waals surface area contributed by atoms with Crippen LogP contribution in [-0.4, -0.2) is 27.3 Å². The number of piperidine rings is 1. The molecule has 0 saturated carbocycles.